The molecule has 0 aliphatic carbocycles. The molecule has 0 aliphatic heterocycles. The van der Waals surface area contributed by atoms with Crippen LogP contribution >= 0.6 is 0 Å². The number of amides is 1. The zero-order valence-corrected chi connectivity index (χ0v) is 8.84. The van der Waals surface area contributed by atoms with Gasteiger partial charge in [0.25, 0.3) is 0 Å². The van der Waals surface area contributed by atoms with Gasteiger partial charge in [0.05, 0.1) is 5.41 Å². The van der Waals surface area contributed by atoms with Crippen LogP contribution in [0.5, 0.6) is 0 Å². The molecule has 1 amide bonds. The van der Waals surface area contributed by atoms with Crippen LogP contribution in [0.3, 0.4) is 0 Å². The van der Waals surface area contributed by atoms with Gasteiger partial charge >= 0.3 is 11.9 Å². The molecule has 1 N–H and O–H groups in total. The minimum atomic E-state index is -0.750. The van der Waals surface area contributed by atoms with Crippen molar-refractivity contribution in [1.29, 1.82) is 0 Å². The molecule has 0 bridgehead atoms. The highest BCUT2D eigenvalue weighted by Crippen LogP contribution is 2.14. The molecule has 0 unspecified atom stereocenters. The van der Waals surface area contributed by atoms with E-state index in [9.17, 15) is 14.4 Å². The van der Waals surface area contributed by atoms with Crippen LogP contribution in [-0.2, 0) is 14.3 Å². The van der Waals surface area contributed by atoms with E-state index in [2.05, 4.69) is 10.1 Å². The van der Waals surface area contributed by atoms with Crippen molar-refractivity contribution in [3.63, 3.8) is 0 Å². The monoisotopic (exact) mass is 199 g/mol. The third-order valence-corrected chi connectivity index (χ3v) is 1.30. The van der Waals surface area contributed by atoms with Crippen LogP contribution in [-0.4, -0.2) is 32.1 Å². The van der Waals surface area contributed by atoms with Crippen molar-refractivity contribution in [2.45, 2.75) is 20.8 Å². The Labute approximate surface area is 83.6 Å². The summed E-state index contributed by atoms with van der Waals surface area (Å²) in [6, 6.07) is 0. The number of hydrogen-bond donors (Lipinski definition) is 1. The molecule has 0 aromatic heterocycles. The Morgan fingerprint density at radius 2 is 1.79 bits per heavy atom. The Kier molecular flexibility index (Phi) is 4.33. The Bertz CT molecular complexity index is 257. The van der Waals surface area contributed by atoms with Gasteiger partial charge in [0.2, 0.25) is 7.85 Å². The molecule has 0 atom stereocenters. The molecule has 0 saturated carbocycles. The number of hydrogen-bond acceptors (Lipinski definition) is 4. The number of ether oxygens (including phenoxy) is 1. The summed E-state index contributed by atoms with van der Waals surface area (Å²) in [5.41, 5.74) is -0.716. The molecule has 0 radical (unpaired) electrons. The maximum absolute atomic E-state index is 11.2. The van der Waals surface area contributed by atoms with E-state index in [0.29, 0.717) is 0 Å². The van der Waals surface area contributed by atoms with Gasteiger partial charge in [-0.1, -0.05) is 0 Å². The highest BCUT2D eigenvalue weighted by molar-refractivity contribution is 6.57. The third kappa shape index (κ3) is 5.34. The maximum Gasteiger partial charge on any atom is 0.333 e. The van der Waals surface area contributed by atoms with Crippen molar-refractivity contribution in [2.24, 2.45) is 5.41 Å². The summed E-state index contributed by atoms with van der Waals surface area (Å²) in [5.74, 6) is -1.70. The first-order valence-corrected chi connectivity index (χ1v) is 4.23. The average molecular weight is 199 g/mol. The van der Waals surface area contributed by atoms with E-state index in [1.165, 1.54) is 7.85 Å². The molecular weight excluding hydrogens is 185 g/mol. The summed E-state index contributed by atoms with van der Waals surface area (Å²) >= 11 is 0. The number of carbonyl (C=O) groups excluding carboxylic acids is 3. The molecular formula is C8H14BNO4. The van der Waals surface area contributed by atoms with Crippen molar-refractivity contribution in [2.75, 3.05) is 6.54 Å². The molecule has 78 valence electrons. The smallest absolute Gasteiger partial charge is 0.333 e. The van der Waals surface area contributed by atoms with Crippen LogP contribution < -0.4 is 5.32 Å². The van der Waals surface area contributed by atoms with Gasteiger partial charge in [-0.05, 0) is 20.8 Å². The fourth-order valence-corrected chi connectivity index (χ4v) is 0.489. The lowest BCUT2D eigenvalue weighted by Gasteiger charge is -2.15. The second-order valence-corrected chi connectivity index (χ2v) is 3.92. The predicted molar refractivity (Wildman–Crippen MR) is 52.5 cm³/mol. The van der Waals surface area contributed by atoms with Crippen LogP contribution in [0, 0.1) is 5.41 Å². The molecule has 0 spiro atoms. The molecule has 6 heteroatoms. The fraction of sp³-hybridized carbons (Fsp3) is 0.625. The van der Waals surface area contributed by atoms with Gasteiger partial charge in [-0.15, -0.1) is 0 Å². The SMILES string of the molecule is BC(=O)NCC(=O)OC(=O)C(C)(C)C. The first kappa shape index (κ1) is 12.7. The molecule has 0 aromatic rings. The first-order chi connectivity index (χ1) is 6.23. The van der Waals surface area contributed by atoms with E-state index in [1.807, 2.05) is 0 Å². The first-order valence-electron chi connectivity index (χ1n) is 4.23. The number of rotatable bonds is 2. The largest absolute Gasteiger partial charge is 0.391 e. The summed E-state index contributed by atoms with van der Waals surface area (Å²) in [4.78, 5) is 32.5. The summed E-state index contributed by atoms with van der Waals surface area (Å²) in [6.07, 6.45) is 0. The van der Waals surface area contributed by atoms with Gasteiger partial charge in [-0.25, -0.2) is 4.79 Å². The third-order valence-electron chi connectivity index (χ3n) is 1.30. The highest BCUT2D eigenvalue weighted by Gasteiger charge is 2.25. The van der Waals surface area contributed by atoms with Gasteiger partial charge in [-0.3, -0.25) is 9.59 Å². The molecule has 5 nitrogen and oxygen atoms in total. The summed E-state index contributed by atoms with van der Waals surface area (Å²) in [7, 11) is 1.28. The summed E-state index contributed by atoms with van der Waals surface area (Å²) in [6.45, 7) is 4.64. The summed E-state index contributed by atoms with van der Waals surface area (Å²) in [5, 5.41) is 2.24. The normalized spacial score (nSPS) is 10.5. The van der Waals surface area contributed by atoms with Crippen LogP contribution in [0.25, 0.3) is 0 Å². The van der Waals surface area contributed by atoms with Crippen molar-refractivity contribution < 1.29 is 19.1 Å². The van der Waals surface area contributed by atoms with Crippen LogP contribution in [0.1, 0.15) is 20.8 Å². The van der Waals surface area contributed by atoms with Crippen LogP contribution in [0.4, 0.5) is 4.79 Å². The van der Waals surface area contributed by atoms with Crippen molar-refractivity contribution in [3.8, 4) is 0 Å². The minimum absolute atomic E-state index is 0.281. The highest BCUT2D eigenvalue weighted by atomic mass is 16.6. The second-order valence-electron chi connectivity index (χ2n) is 3.92. The molecule has 0 rings (SSSR count). The quantitative estimate of drug-likeness (QED) is 0.367. The van der Waals surface area contributed by atoms with Gasteiger partial charge < -0.3 is 10.1 Å². The lowest BCUT2D eigenvalue weighted by molar-refractivity contribution is -0.164. The predicted octanol–water partition coefficient (Wildman–Crippen LogP) is -0.555. The Balaban J connectivity index is 3.96. The van der Waals surface area contributed by atoms with Gasteiger partial charge in [0.15, 0.2) is 5.81 Å². The standard InChI is InChI=1S/C8H14BNO4/c1-8(2,3)6(12)14-5(11)4-10-7(9)13/h4,9H2,1-3H3,(H,10,13). The number of carbonyl (C=O) groups is 3. The fourth-order valence-electron chi connectivity index (χ4n) is 0.489. The number of esters is 2. The zero-order valence-electron chi connectivity index (χ0n) is 8.84. The minimum Gasteiger partial charge on any atom is -0.391 e. The van der Waals surface area contributed by atoms with E-state index >= 15 is 0 Å². The second kappa shape index (κ2) is 4.78. The van der Waals surface area contributed by atoms with Crippen molar-refractivity contribution >= 4 is 25.6 Å². The van der Waals surface area contributed by atoms with Crippen LogP contribution in [0.15, 0.2) is 0 Å². The molecule has 0 fully saturated rings. The Morgan fingerprint density at radius 1 is 1.29 bits per heavy atom. The molecule has 0 aliphatic rings. The Hall–Kier alpha value is -1.33. The molecule has 0 heterocycles. The number of nitrogens with one attached hydrogen (secondary N) is 1. The van der Waals surface area contributed by atoms with Gasteiger partial charge in [-0.2, -0.15) is 0 Å². The van der Waals surface area contributed by atoms with E-state index in [1.54, 1.807) is 20.8 Å². The summed E-state index contributed by atoms with van der Waals surface area (Å²) < 4.78 is 4.47. The van der Waals surface area contributed by atoms with Crippen LogP contribution in [0.2, 0.25) is 0 Å². The molecule has 14 heavy (non-hydrogen) atoms. The zero-order chi connectivity index (χ0) is 11.4. The molecule has 0 saturated heterocycles. The van der Waals surface area contributed by atoms with Gasteiger partial charge in [0.1, 0.15) is 6.54 Å². The van der Waals surface area contributed by atoms with E-state index in [4.69, 9.17) is 0 Å². The maximum atomic E-state index is 11.2. The lowest BCUT2D eigenvalue weighted by atomic mass is 9.97. The van der Waals surface area contributed by atoms with Gasteiger partial charge in [0, 0.05) is 0 Å². The van der Waals surface area contributed by atoms with Crippen molar-refractivity contribution in [3.05, 3.63) is 0 Å². The topological polar surface area (TPSA) is 72.5 Å². The lowest BCUT2D eigenvalue weighted by Crippen LogP contribution is -2.33. The van der Waals surface area contributed by atoms with Crippen molar-refractivity contribution in [1.82, 2.24) is 5.32 Å². The Morgan fingerprint density at radius 3 is 2.14 bits per heavy atom. The van der Waals surface area contributed by atoms with E-state index in [0.717, 1.165) is 0 Å². The molecule has 0 aromatic carbocycles. The van der Waals surface area contributed by atoms with E-state index in [-0.39, 0.29) is 12.4 Å². The average Bonchev–Trinajstić information content (AvgIpc) is 1.99. The van der Waals surface area contributed by atoms with E-state index < -0.39 is 17.4 Å².